The first-order valence-corrected chi connectivity index (χ1v) is 10.4. The molecule has 0 aromatic carbocycles. The lowest BCUT2D eigenvalue weighted by molar-refractivity contribution is 0.0915. The molecule has 1 fully saturated rings. The fraction of sp³-hybridized carbons (Fsp3) is 0.556. The number of piperidine rings is 1. The molecule has 0 radical (unpaired) electrons. The van der Waals surface area contributed by atoms with E-state index in [2.05, 4.69) is 44.3 Å². The molecule has 0 aliphatic carbocycles. The summed E-state index contributed by atoms with van der Waals surface area (Å²) in [6.45, 7) is 7.03. The first-order chi connectivity index (χ1) is 12.1. The highest BCUT2D eigenvalue weighted by Crippen LogP contribution is 2.29. The Hall–Kier alpha value is -1.44. The number of hydrogen-bond acceptors (Lipinski definition) is 6. The van der Waals surface area contributed by atoms with Gasteiger partial charge in [-0.1, -0.05) is 13.0 Å². The maximum absolute atomic E-state index is 12.7. The van der Waals surface area contributed by atoms with Crippen LogP contribution in [0.4, 0.5) is 5.00 Å². The van der Waals surface area contributed by atoms with E-state index in [1.54, 1.807) is 11.3 Å². The second-order valence-corrected chi connectivity index (χ2v) is 8.43. The number of nitrogens with one attached hydrogen (secondary N) is 2. The Bertz CT molecular complexity index is 690. The topological polar surface area (TPSA) is 57.3 Å². The van der Waals surface area contributed by atoms with Crippen LogP contribution < -0.4 is 10.6 Å². The number of likely N-dealkylation sites (tertiary alicyclic amines) is 1. The molecule has 1 aliphatic heterocycles. The second kappa shape index (κ2) is 8.29. The molecule has 0 spiro atoms. The Morgan fingerprint density at radius 2 is 2.20 bits per heavy atom. The van der Waals surface area contributed by atoms with Crippen LogP contribution in [0.5, 0.6) is 0 Å². The summed E-state index contributed by atoms with van der Waals surface area (Å²) >= 11 is 3.10. The quantitative estimate of drug-likeness (QED) is 0.804. The minimum Gasteiger partial charge on any atom is -0.378 e. The highest BCUT2D eigenvalue weighted by Gasteiger charge is 2.26. The number of anilines is 1. The maximum Gasteiger partial charge on any atom is 0.256 e. The van der Waals surface area contributed by atoms with Crippen LogP contribution in [-0.2, 0) is 0 Å². The van der Waals surface area contributed by atoms with Gasteiger partial charge in [0.1, 0.15) is 5.00 Å². The van der Waals surface area contributed by atoms with E-state index in [4.69, 9.17) is 0 Å². The molecular weight excluding hydrogens is 352 g/mol. The molecule has 0 unspecified atom stereocenters. The lowest BCUT2D eigenvalue weighted by atomic mass is 9.97. The van der Waals surface area contributed by atoms with E-state index in [1.807, 2.05) is 14.0 Å². The molecule has 3 rings (SSSR count). The number of nitrogens with zero attached hydrogens (tertiary/aromatic N) is 2. The summed E-state index contributed by atoms with van der Waals surface area (Å²) in [7, 11) is 1.83. The van der Waals surface area contributed by atoms with Crippen molar-refractivity contribution in [2.75, 3.05) is 32.0 Å². The molecule has 25 heavy (non-hydrogen) atoms. The van der Waals surface area contributed by atoms with Crippen LogP contribution in [-0.4, -0.2) is 41.9 Å². The smallest absolute Gasteiger partial charge is 0.256 e. The Morgan fingerprint density at radius 3 is 2.84 bits per heavy atom. The van der Waals surface area contributed by atoms with Crippen LogP contribution >= 0.6 is 22.9 Å². The Balaban J connectivity index is 1.70. The van der Waals surface area contributed by atoms with E-state index in [9.17, 15) is 4.79 Å². The highest BCUT2D eigenvalue weighted by molar-refractivity contribution is 7.10. The summed E-state index contributed by atoms with van der Waals surface area (Å²) in [5.74, 6) is 0.759. The zero-order valence-electron chi connectivity index (χ0n) is 15.0. The van der Waals surface area contributed by atoms with Crippen molar-refractivity contribution in [1.29, 1.82) is 0 Å². The first-order valence-electron chi connectivity index (χ1n) is 8.79. The molecule has 2 aromatic heterocycles. The van der Waals surface area contributed by atoms with Crippen molar-refractivity contribution < 1.29 is 4.79 Å². The fourth-order valence-corrected chi connectivity index (χ4v) is 4.92. The van der Waals surface area contributed by atoms with Crippen molar-refractivity contribution in [2.24, 2.45) is 5.92 Å². The number of hydrogen-bond donors (Lipinski definition) is 2. The van der Waals surface area contributed by atoms with Crippen molar-refractivity contribution in [3.8, 4) is 0 Å². The van der Waals surface area contributed by atoms with Gasteiger partial charge in [0.15, 0.2) is 0 Å². The van der Waals surface area contributed by atoms with Crippen LogP contribution in [0.1, 0.15) is 46.7 Å². The number of carbonyl (C=O) groups excluding carboxylic acids is 1. The van der Waals surface area contributed by atoms with E-state index in [-0.39, 0.29) is 11.9 Å². The summed E-state index contributed by atoms with van der Waals surface area (Å²) in [4.78, 5) is 16.6. The normalized spacial score (nSPS) is 17.4. The van der Waals surface area contributed by atoms with Gasteiger partial charge in [-0.3, -0.25) is 9.69 Å². The monoisotopic (exact) mass is 378 g/mol. The van der Waals surface area contributed by atoms with E-state index >= 15 is 0 Å². The largest absolute Gasteiger partial charge is 0.378 e. The molecule has 0 saturated carbocycles. The predicted octanol–water partition coefficient (Wildman–Crippen LogP) is 3.76. The summed E-state index contributed by atoms with van der Waals surface area (Å²) in [5, 5.41) is 9.16. The van der Waals surface area contributed by atoms with Crippen molar-refractivity contribution in [2.45, 2.75) is 32.7 Å². The number of amides is 1. The van der Waals surface area contributed by atoms with Gasteiger partial charge in [-0.15, -0.1) is 11.3 Å². The van der Waals surface area contributed by atoms with Crippen LogP contribution in [0, 0.1) is 12.8 Å². The first kappa shape index (κ1) is 18.4. The van der Waals surface area contributed by atoms with Gasteiger partial charge in [0.2, 0.25) is 0 Å². The lowest BCUT2D eigenvalue weighted by Crippen LogP contribution is -2.41. The van der Waals surface area contributed by atoms with Crippen molar-refractivity contribution in [3.05, 3.63) is 33.6 Å². The van der Waals surface area contributed by atoms with Gasteiger partial charge in [-0.2, -0.15) is 4.37 Å². The number of thiophene rings is 1. The molecule has 1 atom stereocenters. The average Bonchev–Trinajstić information content (AvgIpc) is 3.26. The van der Waals surface area contributed by atoms with E-state index < -0.39 is 0 Å². The van der Waals surface area contributed by atoms with Crippen molar-refractivity contribution in [1.82, 2.24) is 14.6 Å². The van der Waals surface area contributed by atoms with E-state index in [0.717, 1.165) is 29.7 Å². The van der Waals surface area contributed by atoms with Crippen LogP contribution in [0.15, 0.2) is 17.5 Å². The van der Waals surface area contributed by atoms with Gasteiger partial charge in [0, 0.05) is 18.5 Å². The number of aromatic nitrogens is 1. The fourth-order valence-electron chi connectivity index (χ4n) is 3.32. The Morgan fingerprint density at radius 1 is 1.44 bits per heavy atom. The van der Waals surface area contributed by atoms with Gasteiger partial charge in [-0.05, 0) is 61.8 Å². The van der Waals surface area contributed by atoms with Gasteiger partial charge < -0.3 is 10.6 Å². The van der Waals surface area contributed by atoms with Crippen LogP contribution in [0.3, 0.4) is 0 Å². The summed E-state index contributed by atoms with van der Waals surface area (Å²) in [5.41, 5.74) is 1.45. The molecule has 7 heteroatoms. The summed E-state index contributed by atoms with van der Waals surface area (Å²) in [6, 6.07) is 4.52. The minimum absolute atomic E-state index is 0.0393. The molecule has 0 bridgehead atoms. The average molecular weight is 379 g/mol. The van der Waals surface area contributed by atoms with Gasteiger partial charge in [0.25, 0.3) is 5.91 Å². The lowest BCUT2D eigenvalue weighted by Gasteiger charge is -2.36. The molecule has 136 valence electrons. The van der Waals surface area contributed by atoms with Crippen molar-refractivity contribution >= 4 is 33.8 Å². The molecular formula is C18H26N4OS2. The Labute approximate surface area is 157 Å². The molecule has 2 N–H and O–H groups in total. The van der Waals surface area contributed by atoms with E-state index in [1.165, 1.54) is 29.3 Å². The van der Waals surface area contributed by atoms with Crippen molar-refractivity contribution in [3.63, 3.8) is 0 Å². The van der Waals surface area contributed by atoms with Crippen LogP contribution in [0.2, 0.25) is 0 Å². The molecule has 1 aliphatic rings. The third-order valence-electron chi connectivity index (χ3n) is 4.90. The predicted molar refractivity (Wildman–Crippen MR) is 106 cm³/mol. The molecule has 5 nitrogen and oxygen atoms in total. The number of carbonyl (C=O) groups is 1. The van der Waals surface area contributed by atoms with Crippen LogP contribution in [0.25, 0.3) is 0 Å². The number of rotatable bonds is 6. The molecule has 2 aromatic rings. The minimum atomic E-state index is -0.0393. The van der Waals surface area contributed by atoms with Gasteiger partial charge in [-0.25, -0.2) is 0 Å². The van der Waals surface area contributed by atoms with Gasteiger partial charge in [0.05, 0.1) is 17.3 Å². The zero-order chi connectivity index (χ0) is 17.8. The second-order valence-electron chi connectivity index (χ2n) is 6.68. The highest BCUT2D eigenvalue weighted by atomic mass is 32.1. The zero-order valence-corrected chi connectivity index (χ0v) is 16.7. The standard InChI is InChI=1S/C18H26N4OS2/c1-12-6-8-22(9-7-12)14(15-5-4-10-24-15)11-20-17(23)16-13(2)21-25-18(16)19-3/h4-5,10,12,14,19H,6-9,11H2,1-3H3,(H,20,23)/t14-/m0/s1. The van der Waals surface area contributed by atoms with Gasteiger partial charge >= 0.3 is 0 Å². The van der Waals surface area contributed by atoms with E-state index in [0.29, 0.717) is 12.1 Å². The molecule has 1 amide bonds. The maximum atomic E-state index is 12.7. The Kier molecular flexibility index (Phi) is 6.09. The summed E-state index contributed by atoms with van der Waals surface area (Å²) < 4.78 is 4.29. The molecule has 3 heterocycles. The summed E-state index contributed by atoms with van der Waals surface area (Å²) in [6.07, 6.45) is 2.46. The third-order valence-corrected chi connectivity index (χ3v) is 6.83. The number of aryl methyl sites for hydroxylation is 1. The third kappa shape index (κ3) is 4.22. The molecule has 1 saturated heterocycles. The SMILES string of the molecule is CNc1snc(C)c1C(=O)NC[C@@H](c1cccs1)N1CCC(C)CC1.